The van der Waals surface area contributed by atoms with Crippen LogP contribution in [0.4, 0.5) is 10.1 Å². The Morgan fingerprint density at radius 1 is 1.56 bits per heavy atom. The monoisotopic (exact) mass is 252 g/mol. The predicted molar refractivity (Wildman–Crippen MR) is 71.2 cm³/mol. The van der Waals surface area contributed by atoms with Crippen LogP contribution in [0, 0.1) is 11.7 Å². The van der Waals surface area contributed by atoms with Crippen LogP contribution in [0.3, 0.4) is 0 Å². The summed E-state index contributed by atoms with van der Waals surface area (Å²) in [6, 6.07) is 5.21. The topological polar surface area (TPSA) is 35.5 Å². The summed E-state index contributed by atoms with van der Waals surface area (Å²) in [7, 11) is 1.82. The third-order valence-electron chi connectivity index (χ3n) is 3.70. The lowest BCUT2D eigenvalue weighted by Gasteiger charge is -2.23. The van der Waals surface area contributed by atoms with Crippen LogP contribution in [0.2, 0.25) is 0 Å². The van der Waals surface area contributed by atoms with Crippen molar-refractivity contribution in [3.8, 4) is 0 Å². The summed E-state index contributed by atoms with van der Waals surface area (Å²) in [4.78, 5) is 2.17. The van der Waals surface area contributed by atoms with Crippen LogP contribution in [0.25, 0.3) is 0 Å². The average molecular weight is 252 g/mol. The lowest BCUT2D eigenvalue weighted by molar-refractivity contribution is 0.136. The third kappa shape index (κ3) is 2.65. The lowest BCUT2D eigenvalue weighted by Crippen LogP contribution is -2.25. The molecule has 2 rings (SSSR count). The molecule has 4 heteroatoms. The van der Waals surface area contributed by atoms with Gasteiger partial charge in [0, 0.05) is 36.8 Å². The number of nitrogens with one attached hydrogen (secondary N) is 1. The first-order valence-electron chi connectivity index (χ1n) is 6.48. The molecule has 2 unspecified atom stereocenters. The Morgan fingerprint density at radius 2 is 2.33 bits per heavy atom. The number of hydrogen-bond acceptors (Lipinski definition) is 3. The van der Waals surface area contributed by atoms with Crippen molar-refractivity contribution in [2.45, 2.75) is 26.0 Å². The molecule has 0 saturated carbocycles. The molecule has 0 bridgehead atoms. The van der Waals surface area contributed by atoms with E-state index in [1.54, 1.807) is 6.07 Å². The lowest BCUT2D eigenvalue weighted by atomic mass is 10.0. The second-order valence-electron chi connectivity index (χ2n) is 5.00. The van der Waals surface area contributed by atoms with Gasteiger partial charge in [0.25, 0.3) is 0 Å². The number of nitrogens with zero attached hydrogens (tertiary/aromatic N) is 1. The number of halogens is 1. The van der Waals surface area contributed by atoms with E-state index < -0.39 is 0 Å². The molecule has 2 atom stereocenters. The second kappa shape index (κ2) is 5.67. The number of aliphatic hydroxyl groups is 1. The summed E-state index contributed by atoms with van der Waals surface area (Å²) >= 11 is 0. The zero-order valence-corrected chi connectivity index (χ0v) is 11.0. The van der Waals surface area contributed by atoms with Crippen molar-refractivity contribution in [3.05, 3.63) is 29.6 Å². The van der Waals surface area contributed by atoms with Gasteiger partial charge in [-0.15, -0.1) is 0 Å². The first-order valence-corrected chi connectivity index (χ1v) is 6.48. The maximum Gasteiger partial charge on any atom is 0.129 e. The van der Waals surface area contributed by atoms with E-state index >= 15 is 0 Å². The minimum Gasteiger partial charge on any atom is -0.393 e. The van der Waals surface area contributed by atoms with E-state index in [-0.39, 0.29) is 17.8 Å². The van der Waals surface area contributed by atoms with Crippen LogP contribution in [0.1, 0.15) is 18.9 Å². The molecule has 1 aliphatic heterocycles. The molecular formula is C14H21FN2O. The van der Waals surface area contributed by atoms with E-state index in [4.69, 9.17) is 0 Å². The van der Waals surface area contributed by atoms with Gasteiger partial charge in [-0.1, -0.05) is 6.07 Å². The second-order valence-corrected chi connectivity index (χ2v) is 5.00. The summed E-state index contributed by atoms with van der Waals surface area (Å²) in [6.07, 6.45) is 0.670. The standard InChI is InChI=1S/C14H21FN2O/c1-10(18)11-6-7-17(9-11)14-5-3-4-13(15)12(14)8-16-2/h3-5,10-11,16,18H,6-9H2,1-2H3. The highest BCUT2D eigenvalue weighted by Crippen LogP contribution is 2.29. The summed E-state index contributed by atoms with van der Waals surface area (Å²) in [6.45, 7) is 4.04. The first kappa shape index (κ1) is 13.3. The van der Waals surface area contributed by atoms with Gasteiger partial charge >= 0.3 is 0 Å². The molecule has 2 N–H and O–H groups in total. The zero-order valence-electron chi connectivity index (χ0n) is 11.0. The normalized spacial score (nSPS) is 21.3. The Morgan fingerprint density at radius 3 is 2.94 bits per heavy atom. The van der Waals surface area contributed by atoms with Crippen molar-refractivity contribution in [1.82, 2.24) is 5.32 Å². The summed E-state index contributed by atoms with van der Waals surface area (Å²) in [5.41, 5.74) is 1.67. The van der Waals surface area contributed by atoms with E-state index in [0.29, 0.717) is 12.1 Å². The Balaban J connectivity index is 2.21. The van der Waals surface area contributed by atoms with Gasteiger partial charge in [-0.3, -0.25) is 0 Å². The highest BCUT2D eigenvalue weighted by Gasteiger charge is 2.27. The van der Waals surface area contributed by atoms with Gasteiger partial charge in [0.15, 0.2) is 0 Å². The Labute approximate surface area is 108 Å². The fraction of sp³-hybridized carbons (Fsp3) is 0.571. The van der Waals surface area contributed by atoms with E-state index in [9.17, 15) is 9.50 Å². The van der Waals surface area contributed by atoms with Crippen molar-refractivity contribution in [2.75, 3.05) is 25.0 Å². The molecule has 1 aliphatic rings. The number of aliphatic hydroxyl groups excluding tert-OH is 1. The SMILES string of the molecule is CNCc1c(F)cccc1N1CCC(C(C)O)C1. The molecule has 0 aliphatic carbocycles. The molecule has 3 nitrogen and oxygen atoms in total. The maximum atomic E-state index is 13.8. The highest BCUT2D eigenvalue weighted by atomic mass is 19.1. The van der Waals surface area contributed by atoms with Crippen LogP contribution < -0.4 is 10.2 Å². The van der Waals surface area contributed by atoms with Crippen LogP contribution in [-0.2, 0) is 6.54 Å². The largest absolute Gasteiger partial charge is 0.393 e. The van der Waals surface area contributed by atoms with E-state index in [2.05, 4.69) is 10.2 Å². The molecule has 0 radical (unpaired) electrons. The van der Waals surface area contributed by atoms with E-state index in [1.165, 1.54) is 6.07 Å². The van der Waals surface area contributed by atoms with Crippen LogP contribution >= 0.6 is 0 Å². The Bertz CT molecular complexity index is 409. The number of rotatable bonds is 4. The number of benzene rings is 1. The zero-order chi connectivity index (χ0) is 13.1. The van der Waals surface area contributed by atoms with Gasteiger partial charge in [0.1, 0.15) is 5.82 Å². The fourth-order valence-electron chi connectivity index (χ4n) is 2.60. The van der Waals surface area contributed by atoms with Gasteiger partial charge in [0.2, 0.25) is 0 Å². The molecule has 0 aromatic heterocycles. The van der Waals surface area contributed by atoms with Crippen LogP contribution in [-0.4, -0.2) is 31.3 Å². The summed E-state index contributed by atoms with van der Waals surface area (Å²) in [5.74, 6) is 0.123. The number of hydrogen-bond donors (Lipinski definition) is 2. The third-order valence-corrected chi connectivity index (χ3v) is 3.70. The van der Waals surface area contributed by atoms with E-state index in [1.807, 2.05) is 20.0 Å². The molecule has 0 spiro atoms. The molecule has 18 heavy (non-hydrogen) atoms. The molecule has 100 valence electrons. The van der Waals surface area contributed by atoms with Crippen molar-refractivity contribution in [1.29, 1.82) is 0 Å². The quantitative estimate of drug-likeness (QED) is 0.857. The van der Waals surface area contributed by atoms with Crippen LogP contribution in [0.15, 0.2) is 18.2 Å². The molecular weight excluding hydrogens is 231 g/mol. The first-order chi connectivity index (χ1) is 8.63. The number of anilines is 1. The van der Waals surface area contributed by atoms with Gasteiger partial charge in [-0.05, 0) is 32.5 Å². The maximum absolute atomic E-state index is 13.8. The van der Waals surface area contributed by atoms with Crippen molar-refractivity contribution >= 4 is 5.69 Å². The minimum atomic E-state index is -0.295. The average Bonchev–Trinajstić information content (AvgIpc) is 2.81. The molecule has 1 aromatic carbocycles. The van der Waals surface area contributed by atoms with Crippen LogP contribution in [0.5, 0.6) is 0 Å². The fourth-order valence-corrected chi connectivity index (χ4v) is 2.60. The van der Waals surface area contributed by atoms with Crippen molar-refractivity contribution < 1.29 is 9.50 Å². The van der Waals surface area contributed by atoms with Gasteiger partial charge < -0.3 is 15.3 Å². The predicted octanol–water partition coefficient (Wildman–Crippen LogP) is 1.75. The molecule has 0 amide bonds. The van der Waals surface area contributed by atoms with Gasteiger partial charge in [-0.25, -0.2) is 4.39 Å². The molecule has 1 heterocycles. The Kier molecular flexibility index (Phi) is 4.19. The minimum absolute atomic E-state index is 0.164. The summed E-state index contributed by atoms with van der Waals surface area (Å²) < 4.78 is 13.8. The molecule has 1 aromatic rings. The van der Waals surface area contributed by atoms with E-state index in [0.717, 1.165) is 25.2 Å². The molecule has 1 fully saturated rings. The highest BCUT2D eigenvalue weighted by molar-refractivity contribution is 5.55. The van der Waals surface area contributed by atoms with Crippen molar-refractivity contribution in [3.63, 3.8) is 0 Å². The van der Waals surface area contributed by atoms with Gasteiger partial charge in [-0.2, -0.15) is 0 Å². The summed E-state index contributed by atoms with van der Waals surface area (Å²) in [5, 5.41) is 12.6. The van der Waals surface area contributed by atoms with Crippen molar-refractivity contribution in [2.24, 2.45) is 5.92 Å². The molecule has 1 saturated heterocycles. The van der Waals surface area contributed by atoms with Gasteiger partial charge in [0.05, 0.1) is 6.10 Å². The smallest absolute Gasteiger partial charge is 0.129 e. The Hall–Kier alpha value is -1.13.